The minimum absolute atomic E-state index is 0.410. The molecule has 1 aromatic carbocycles. The fraction of sp³-hybridized carbons (Fsp3) is 0.600. The van der Waals surface area contributed by atoms with E-state index in [9.17, 15) is 5.11 Å². The molecule has 0 saturated carbocycles. The summed E-state index contributed by atoms with van der Waals surface area (Å²) in [6.07, 6.45) is 0.819. The first kappa shape index (κ1) is 14.8. The zero-order valence-electron chi connectivity index (χ0n) is 11.8. The van der Waals surface area contributed by atoms with Gasteiger partial charge in [0, 0.05) is 30.7 Å². The van der Waals surface area contributed by atoms with E-state index in [0.29, 0.717) is 0 Å². The molecular weight excluding hydrogens is 304 g/mol. The van der Waals surface area contributed by atoms with Crippen LogP contribution in [0.15, 0.2) is 22.7 Å². The summed E-state index contributed by atoms with van der Waals surface area (Å²) in [7, 11) is 0. The molecule has 2 rings (SSSR count). The first-order chi connectivity index (χ1) is 9.11. The highest BCUT2D eigenvalue weighted by atomic mass is 79.9. The van der Waals surface area contributed by atoms with Gasteiger partial charge in [0.25, 0.3) is 0 Å². The smallest absolute Gasteiger partial charge is 0.0762 e. The molecule has 3 nitrogen and oxygen atoms in total. The lowest BCUT2D eigenvalue weighted by atomic mass is 10.1. The van der Waals surface area contributed by atoms with Crippen molar-refractivity contribution in [3.05, 3.63) is 28.2 Å². The summed E-state index contributed by atoms with van der Waals surface area (Å²) in [5.41, 5.74) is 2.20. The average molecular weight is 327 g/mol. The van der Waals surface area contributed by atoms with Gasteiger partial charge in [-0.15, -0.1) is 0 Å². The highest BCUT2D eigenvalue weighted by molar-refractivity contribution is 9.10. The molecular formula is C15H23BrN2O. The highest BCUT2D eigenvalue weighted by Crippen LogP contribution is 2.30. The number of rotatable bonds is 4. The third kappa shape index (κ3) is 3.71. The topological polar surface area (TPSA) is 26.7 Å². The standard InChI is InChI=1S/C15H23BrN2O/c1-3-6-17-7-9-18(10-8-17)15-5-4-13(12(2)19)11-14(15)16/h4-5,11-12,19H,3,6-10H2,1-2H3/t12-/m1/s1. The summed E-state index contributed by atoms with van der Waals surface area (Å²) >= 11 is 3.63. The van der Waals surface area contributed by atoms with Crippen molar-refractivity contribution in [3.63, 3.8) is 0 Å². The first-order valence-corrected chi connectivity index (χ1v) is 7.86. The molecule has 0 amide bonds. The molecule has 1 heterocycles. The van der Waals surface area contributed by atoms with Crippen LogP contribution in [0.1, 0.15) is 31.9 Å². The number of aliphatic hydroxyl groups excluding tert-OH is 1. The maximum Gasteiger partial charge on any atom is 0.0762 e. The molecule has 0 aliphatic carbocycles. The SMILES string of the molecule is CCCN1CCN(c2ccc([C@@H](C)O)cc2Br)CC1. The monoisotopic (exact) mass is 326 g/mol. The van der Waals surface area contributed by atoms with E-state index >= 15 is 0 Å². The quantitative estimate of drug-likeness (QED) is 0.921. The Morgan fingerprint density at radius 1 is 1.26 bits per heavy atom. The molecule has 106 valence electrons. The van der Waals surface area contributed by atoms with E-state index in [1.165, 1.54) is 18.7 Å². The van der Waals surface area contributed by atoms with Crippen LogP contribution in [-0.2, 0) is 0 Å². The van der Waals surface area contributed by atoms with Gasteiger partial charge in [0.05, 0.1) is 11.8 Å². The summed E-state index contributed by atoms with van der Waals surface area (Å²) in [6, 6.07) is 6.16. The molecule has 1 atom stereocenters. The highest BCUT2D eigenvalue weighted by Gasteiger charge is 2.18. The molecule has 1 aliphatic heterocycles. The van der Waals surface area contributed by atoms with Crippen molar-refractivity contribution in [2.45, 2.75) is 26.4 Å². The van der Waals surface area contributed by atoms with Crippen molar-refractivity contribution in [2.75, 3.05) is 37.6 Å². The number of nitrogens with zero attached hydrogens (tertiary/aromatic N) is 2. The van der Waals surface area contributed by atoms with Gasteiger partial charge in [-0.3, -0.25) is 4.90 Å². The second-order valence-corrected chi connectivity index (χ2v) is 6.07. The third-order valence-electron chi connectivity index (χ3n) is 3.71. The maximum absolute atomic E-state index is 9.60. The summed E-state index contributed by atoms with van der Waals surface area (Å²) in [5, 5.41) is 9.60. The van der Waals surface area contributed by atoms with Gasteiger partial charge in [0.15, 0.2) is 0 Å². The molecule has 0 bridgehead atoms. The molecule has 1 fully saturated rings. The second kappa shape index (κ2) is 6.73. The lowest BCUT2D eigenvalue weighted by Gasteiger charge is -2.36. The number of halogens is 1. The van der Waals surface area contributed by atoms with Gasteiger partial charge in [-0.05, 0) is 53.5 Å². The van der Waals surface area contributed by atoms with Crippen LogP contribution in [0, 0.1) is 0 Å². The minimum Gasteiger partial charge on any atom is -0.389 e. The van der Waals surface area contributed by atoms with Crippen molar-refractivity contribution >= 4 is 21.6 Å². The summed E-state index contributed by atoms with van der Waals surface area (Å²) in [6.45, 7) is 9.66. The van der Waals surface area contributed by atoms with E-state index in [-0.39, 0.29) is 0 Å². The van der Waals surface area contributed by atoms with Crippen LogP contribution in [0.25, 0.3) is 0 Å². The molecule has 1 saturated heterocycles. The molecule has 0 radical (unpaired) electrons. The van der Waals surface area contributed by atoms with Crippen LogP contribution in [-0.4, -0.2) is 42.7 Å². The Labute approximate surface area is 124 Å². The van der Waals surface area contributed by atoms with Crippen LogP contribution in [0.4, 0.5) is 5.69 Å². The van der Waals surface area contributed by atoms with E-state index in [1.54, 1.807) is 6.92 Å². The predicted octanol–water partition coefficient (Wildman–Crippen LogP) is 3.03. The van der Waals surface area contributed by atoms with Gasteiger partial charge in [-0.25, -0.2) is 0 Å². The first-order valence-electron chi connectivity index (χ1n) is 7.06. The number of aliphatic hydroxyl groups is 1. The Bertz CT molecular complexity index is 415. The van der Waals surface area contributed by atoms with Crippen molar-refractivity contribution in [1.29, 1.82) is 0 Å². The summed E-state index contributed by atoms with van der Waals surface area (Å²) in [4.78, 5) is 4.94. The number of benzene rings is 1. The lowest BCUT2D eigenvalue weighted by molar-refractivity contribution is 0.199. The van der Waals surface area contributed by atoms with Crippen LogP contribution >= 0.6 is 15.9 Å². The van der Waals surface area contributed by atoms with Gasteiger partial charge in [-0.2, -0.15) is 0 Å². The normalized spacial score (nSPS) is 18.6. The molecule has 4 heteroatoms. The van der Waals surface area contributed by atoms with Gasteiger partial charge in [0.2, 0.25) is 0 Å². The number of piperazine rings is 1. The fourth-order valence-corrected chi connectivity index (χ4v) is 3.22. The molecule has 0 spiro atoms. The van der Waals surface area contributed by atoms with Gasteiger partial charge >= 0.3 is 0 Å². The third-order valence-corrected chi connectivity index (χ3v) is 4.34. The van der Waals surface area contributed by atoms with Gasteiger partial charge in [0.1, 0.15) is 0 Å². The predicted molar refractivity (Wildman–Crippen MR) is 83.7 cm³/mol. The largest absolute Gasteiger partial charge is 0.389 e. The Morgan fingerprint density at radius 3 is 2.47 bits per heavy atom. The second-order valence-electron chi connectivity index (χ2n) is 5.22. The van der Waals surface area contributed by atoms with Crippen molar-refractivity contribution in [1.82, 2.24) is 4.90 Å². The molecule has 0 aromatic heterocycles. The summed E-state index contributed by atoms with van der Waals surface area (Å²) in [5.74, 6) is 0. The van der Waals surface area contributed by atoms with Crippen molar-refractivity contribution in [3.8, 4) is 0 Å². The maximum atomic E-state index is 9.60. The molecule has 1 aromatic rings. The van der Waals surface area contributed by atoms with Crippen molar-refractivity contribution < 1.29 is 5.11 Å². The van der Waals surface area contributed by atoms with E-state index in [4.69, 9.17) is 0 Å². The fourth-order valence-electron chi connectivity index (χ4n) is 2.57. The van der Waals surface area contributed by atoms with E-state index < -0.39 is 6.10 Å². The van der Waals surface area contributed by atoms with Crippen LogP contribution in [0.5, 0.6) is 0 Å². The number of anilines is 1. The van der Waals surface area contributed by atoms with E-state index in [1.807, 2.05) is 12.1 Å². The molecule has 1 N–H and O–H groups in total. The minimum atomic E-state index is -0.410. The molecule has 1 aliphatic rings. The van der Waals surface area contributed by atoms with Crippen LogP contribution < -0.4 is 4.90 Å². The van der Waals surface area contributed by atoms with Crippen LogP contribution in [0.2, 0.25) is 0 Å². The van der Waals surface area contributed by atoms with E-state index in [0.717, 1.165) is 36.2 Å². The Balaban J connectivity index is 2.03. The van der Waals surface area contributed by atoms with Crippen molar-refractivity contribution in [2.24, 2.45) is 0 Å². The zero-order valence-corrected chi connectivity index (χ0v) is 13.4. The molecule has 19 heavy (non-hydrogen) atoms. The van der Waals surface area contributed by atoms with Gasteiger partial charge < -0.3 is 10.0 Å². The lowest BCUT2D eigenvalue weighted by Crippen LogP contribution is -2.46. The zero-order chi connectivity index (χ0) is 13.8. The van der Waals surface area contributed by atoms with E-state index in [2.05, 4.69) is 38.7 Å². The molecule has 0 unspecified atom stereocenters. The summed E-state index contributed by atoms with van der Waals surface area (Å²) < 4.78 is 1.08. The van der Waals surface area contributed by atoms with Crippen LogP contribution in [0.3, 0.4) is 0 Å². The Hall–Kier alpha value is -0.580. The van der Waals surface area contributed by atoms with Gasteiger partial charge in [-0.1, -0.05) is 13.0 Å². The Kier molecular flexibility index (Phi) is 5.25. The number of hydrogen-bond acceptors (Lipinski definition) is 3. The Morgan fingerprint density at radius 2 is 1.95 bits per heavy atom. The number of hydrogen-bond donors (Lipinski definition) is 1. The average Bonchev–Trinajstić information content (AvgIpc) is 2.40.